The molecule has 2 rings (SSSR count). The molecule has 0 spiro atoms. The first kappa shape index (κ1) is 15.3. The Bertz CT molecular complexity index is 358. The fraction of sp³-hybridized carbons (Fsp3) is 0.867. The zero-order valence-electron chi connectivity index (χ0n) is 12.1. The van der Waals surface area contributed by atoms with E-state index in [2.05, 4.69) is 5.32 Å². The highest BCUT2D eigenvalue weighted by Crippen LogP contribution is 2.42. The first-order valence-electron chi connectivity index (χ1n) is 7.65. The molecule has 0 aliphatic heterocycles. The molecule has 1 amide bonds. The zero-order chi connectivity index (χ0) is 14.5. The summed E-state index contributed by atoms with van der Waals surface area (Å²) in [5.41, 5.74) is 0. The maximum absolute atomic E-state index is 12.2. The Morgan fingerprint density at radius 1 is 1.20 bits per heavy atom. The third-order valence-electron chi connectivity index (χ3n) is 4.93. The Hall–Kier alpha value is -1.10. The van der Waals surface area contributed by atoms with Gasteiger partial charge in [-0.2, -0.15) is 0 Å². The molecular formula is C15H25NO4. The minimum Gasteiger partial charge on any atom is -0.479 e. The summed E-state index contributed by atoms with van der Waals surface area (Å²) in [7, 11) is 1.35. The Balaban J connectivity index is 1.79. The molecule has 0 radical (unpaired) electrons. The van der Waals surface area contributed by atoms with Crippen LogP contribution in [-0.4, -0.2) is 36.7 Å². The standard InChI is InChI=1S/C15H25NO4/c1-20-13(15(18)19)9-16-14(17)12-7-6-10-4-2-3-5-11(10)8-12/h10-13H,2-9H2,1H3,(H,16,17)(H,18,19). The number of hydrogen-bond acceptors (Lipinski definition) is 3. The third kappa shape index (κ3) is 3.72. The van der Waals surface area contributed by atoms with Crippen molar-refractivity contribution in [2.24, 2.45) is 17.8 Å². The molecule has 2 saturated carbocycles. The van der Waals surface area contributed by atoms with E-state index in [0.29, 0.717) is 5.92 Å². The van der Waals surface area contributed by atoms with Gasteiger partial charge in [-0.3, -0.25) is 4.79 Å². The van der Waals surface area contributed by atoms with E-state index in [1.54, 1.807) is 0 Å². The number of methoxy groups -OCH3 is 1. The molecule has 2 aliphatic carbocycles. The summed E-state index contributed by atoms with van der Waals surface area (Å²) in [5.74, 6) is 0.534. The molecule has 0 aromatic carbocycles. The van der Waals surface area contributed by atoms with Crippen LogP contribution in [0.4, 0.5) is 0 Å². The first-order chi connectivity index (χ1) is 9.61. The average Bonchev–Trinajstić information content (AvgIpc) is 2.46. The second-order valence-corrected chi connectivity index (χ2v) is 6.12. The van der Waals surface area contributed by atoms with Gasteiger partial charge < -0.3 is 15.2 Å². The van der Waals surface area contributed by atoms with Crippen molar-refractivity contribution in [3.63, 3.8) is 0 Å². The van der Waals surface area contributed by atoms with Gasteiger partial charge in [-0.1, -0.05) is 25.7 Å². The molecule has 5 heteroatoms. The van der Waals surface area contributed by atoms with Gasteiger partial charge in [-0.25, -0.2) is 4.79 Å². The second kappa shape index (κ2) is 7.07. The van der Waals surface area contributed by atoms with Crippen molar-refractivity contribution in [2.45, 2.75) is 51.0 Å². The Morgan fingerprint density at radius 3 is 2.55 bits per heavy atom. The summed E-state index contributed by atoms with van der Waals surface area (Å²) < 4.78 is 4.82. The summed E-state index contributed by atoms with van der Waals surface area (Å²) in [6.45, 7) is 0.0509. The number of aliphatic carboxylic acids is 1. The Morgan fingerprint density at radius 2 is 1.90 bits per heavy atom. The van der Waals surface area contributed by atoms with E-state index in [0.717, 1.165) is 25.2 Å². The molecule has 4 unspecified atom stereocenters. The van der Waals surface area contributed by atoms with Crippen molar-refractivity contribution in [3.05, 3.63) is 0 Å². The number of hydrogen-bond donors (Lipinski definition) is 2. The second-order valence-electron chi connectivity index (χ2n) is 6.12. The minimum atomic E-state index is -1.04. The molecule has 2 fully saturated rings. The largest absolute Gasteiger partial charge is 0.479 e. The van der Waals surface area contributed by atoms with Crippen LogP contribution in [0.1, 0.15) is 44.9 Å². The van der Waals surface area contributed by atoms with E-state index < -0.39 is 12.1 Å². The maximum Gasteiger partial charge on any atom is 0.334 e. The summed E-state index contributed by atoms with van der Waals surface area (Å²) >= 11 is 0. The van der Waals surface area contributed by atoms with Gasteiger partial charge >= 0.3 is 5.97 Å². The zero-order valence-corrected chi connectivity index (χ0v) is 12.1. The third-order valence-corrected chi connectivity index (χ3v) is 4.93. The summed E-state index contributed by atoms with van der Waals surface area (Å²) in [6, 6.07) is 0. The molecule has 2 N–H and O–H groups in total. The maximum atomic E-state index is 12.2. The van der Waals surface area contributed by atoms with Crippen LogP contribution in [0.25, 0.3) is 0 Å². The molecule has 0 saturated heterocycles. The molecule has 5 nitrogen and oxygen atoms in total. The number of ether oxygens (including phenoxy) is 1. The minimum absolute atomic E-state index is 0.00248. The Labute approximate surface area is 120 Å². The van der Waals surface area contributed by atoms with Crippen LogP contribution in [-0.2, 0) is 14.3 Å². The van der Waals surface area contributed by atoms with E-state index in [-0.39, 0.29) is 18.4 Å². The van der Waals surface area contributed by atoms with Gasteiger partial charge in [-0.05, 0) is 31.1 Å². The highest BCUT2D eigenvalue weighted by molar-refractivity contribution is 5.80. The van der Waals surface area contributed by atoms with Crippen LogP contribution in [0.3, 0.4) is 0 Å². The fourth-order valence-corrected chi connectivity index (χ4v) is 3.72. The normalized spacial score (nSPS) is 31.1. The lowest BCUT2D eigenvalue weighted by atomic mass is 9.67. The number of amides is 1. The lowest BCUT2D eigenvalue weighted by molar-refractivity contribution is -0.148. The summed E-state index contributed by atoms with van der Waals surface area (Å²) in [4.78, 5) is 23.0. The van der Waals surface area contributed by atoms with Crippen molar-refractivity contribution >= 4 is 11.9 Å². The number of carboxylic acids is 1. The van der Waals surface area contributed by atoms with E-state index in [1.807, 2.05) is 0 Å². The number of fused-ring (bicyclic) bond motifs is 1. The number of nitrogens with one attached hydrogen (secondary N) is 1. The molecule has 0 aromatic rings. The lowest BCUT2D eigenvalue weighted by Crippen LogP contribution is -2.42. The molecule has 114 valence electrons. The highest BCUT2D eigenvalue weighted by atomic mass is 16.5. The van der Waals surface area contributed by atoms with Gasteiger partial charge in [0.05, 0.1) is 6.54 Å². The van der Waals surface area contributed by atoms with E-state index in [4.69, 9.17) is 9.84 Å². The van der Waals surface area contributed by atoms with E-state index in [9.17, 15) is 9.59 Å². The first-order valence-corrected chi connectivity index (χ1v) is 7.65. The van der Waals surface area contributed by atoms with Gasteiger partial charge in [0.1, 0.15) is 0 Å². The molecule has 0 heterocycles. The number of carbonyl (C=O) groups is 2. The van der Waals surface area contributed by atoms with Gasteiger partial charge in [0.2, 0.25) is 5.91 Å². The smallest absolute Gasteiger partial charge is 0.334 e. The van der Waals surface area contributed by atoms with Crippen LogP contribution in [0.15, 0.2) is 0 Å². The molecule has 0 bridgehead atoms. The van der Waals surface area contributed by atoms with Crippen molar-refractivity contribution in [1.82, 2.24) is 5.32 Å². The molecule has 2 aliphatic rings. The molecule has 4 atom stereocenters. The van der Waals surface area contributed by atoms with Crippen molar-refractivity contribution in [3.8, 4) is 0 Å². The van der Waals surface area contributed by atoms with E-state index >= 15 is 0 Å². The topological polar surface area (TPSA) is 75.6 Å². The average molecular weight is 283 g/mol. The quantitative estimate of drug-likeness (QED) is 0.807. The van der Waals surface area contributed by atoms with Crippen molar-refractivity contribution in [2.75, 3.05) is 13.7 Å². The molecule has 20 heavy (non-hydrogen) atoms. The van der Waals surface area contributed by atoms with Crippen LogP contribution in [0.2, 0.25) is 0 Å². The predicted molar refractivity (Wildman–Crippen MR) is 74.2 cm³/mol. The lowest BCUT2D eigenvalue weighted by Gasteiger charge is -2.38. The van der Waals surface area contributed by atoms with Gasteiger partial charge in [0.25, 0.3) is 0 Å². The number of rotatable bonds is 5. The van der Waals surface area contributed by atoms with Crippen LogP contribution < -0.4 is 5.32 Å². The summed E-state index contributed by atoms with van der Waals surface area (Å²) in [6.07, 6.45) is 7.32. The van der Waals surface area contributed by atoms with Crippen LogP contribution >= 0.6 is 0 Å². The van der Waals surface area contributed by atoms with Crippen molar-refractivity contribution in [1.29, 1.82) is 0 Å². The van der Waals surface area contributed by atoms with E-state index in [1.165, 1.54) is 32.8 Å². The van der Waals surface area contributed by atoms with Gasteiger partial charge in [0, 0.05) is 13.0 Å². The fourth-order valence-electron chi connectivity index (χ4n) is 3.72. The predicted octanol–water partition coefficient (Wildman–Crippen LogP) is 1.81. The Kier molecular flexibility index (Phi) is 5.40. The van der Waals surface area contributed by atoms with Gasteiger partial charge in [-0.15, -0.1) is 0 Å². The van der Waals surface area contributed by atoms with Crippen LogP contribution in [0.5, 0.6) is 0 Å². The molecular weight excluding hydrogens is 258 g/mol. The SMILES string of the molecule is COC(CNC(=O)C1CCC2CCCCC2C1)C(=O)O. The van der Waals surface area contributed by atoms with Gasteiger partial charge in [0.15, 0.2) is 6.10 Å². The highest BCUT2D eigenvalue weighted by Gasteiger charge is 2.35. The summed E-state index contributed by atoms with van der Waals surface area (Å²) in [5, 5.41) is 11.6. The van der Waals surface area contributed by atoms with Crippen molar-refractivity contribution < 1.29 is 19.4 Å². The monoisotopic (exact) mass is 283 g/mol. The number of carbonyl (C=O) groups excluding carboxylic acids is 1. The number of carboxylic acid groups (broad SMARTS) is 1. The van der Waals surface area contributed by atoms with Crippen LogP contribution in [0, 0.1) is 17.8 Å². The molecule has 0 aromatic heterocycles.